The van der Waals surface area contributed by atoms with E-state index < -0.39 is 0 Å². The first-order valence-corrected chi connectivity index (χ1v) is 7.78. The maximum Gasteiger partial charge on any atom is 0.234 e. The molecular formula is C14H19N3OS. The minimum absolute atomic E-state index is 0.105. The minimum Gasteiger partial charge on any atom is -0.324 e. The van der Waals surface area contributed by atoms with Crippen molar-refractivity contribution in [1.29, 1.82) is 0 Å². The fourth-order valence-electron chi connectivity index (χ4n) is 2.55. The van der Waals surface area contributed by atoms with Gasteiger partial charge in [0.2, 0.25) is 5.91 Å². The average Bonchev–Trinajstić information content (AvgIpc) is 2.67. The Morgan fingerprint density at radius 3 is 3.16 bits per heavy atom. The standard InChI is InChI=1S/C14H19N3OS/c18-14-10-19-13-3-2-11(8-12(13)16-14)9-17-6-1-4-15-5-7-17/h2-3,8,15H,1,4-7,9-10H2,(H,16,18). The van der Waals surface area contributed by atoms with E-state index in [9.17, 15) is 4.79 Å². The van der Waals surface area contributed by atoms with Crippen LogP contribution in [0.15, 0.2) is 23.1 Å². The lowest BCUT2D eigenvalue weighted by Gasteiger charge is -2.21. The Morgan fingerprint density at radius 2 is 2.21 bits per heavy atom. The molecule has 1 saturated heterocycles. The van der Waals surface area contributed by atoms with Gasteiger partial charge in [0.15, 0.2) is 0 Å². The van der Waals surface area contributed by atoms with Crippen LogP contribution in [0.2, 0.25) is 0 Å². The van der Waals surface area contributed by atoms with Gasteiger partial charge in [0.05, 0.1) is 11.4 Å². The van der Waals surface area contributed by atoms with Gasteiger partial charge in [-0.1, -0.05) is 6.07 Å². The number of thioether (sulfide) groups is 1. The lowest BCUT2D eigenvalue weighted by molar-refractivity contribution is -0.113. The van der Waals surface area contributed by atoms with Crippen molar-refractivity contribution in [2.24, 2.45) is 0 Å². The first-order valence-electron chi connectivity index (χ1n) is 6.80. The fourth-order valence-corrected chi connectivity index (χ4v) is 3.34. The molecule has 3 rings (SSSR count). The molecule has 2 N–H and O–H groups in total. The van der Waals surface area contributed by atoms with Crippen molar-refractivity contribution in [1.82, 2.24) is 10.2 Å². The highest BCUT2D eigenvalue weighted by molar-refractivity contribution is 8.00. The van der Waals surface area contributed by atoms with Crippen LogP contribution in [0.25, 0.3) is 0 Å². The van der Waals surface area contributed by atoms with Gasteiger partial charge >= 0.3 is 0 Å². The Balaban J connectivity index is 1.71. The average molecular weight is 277 g/mol. The van der Waals surface area contributed by atoms with Crippen LogP contribution in [0.1, 0.15) is 12.0 Å². The van der Waals surface area contributed by atoms with E-state index in [0.717, 1.165) is 38.4 Å². The number of benzene rings is 1. The van der Waals surface area contributed by atoms with Crippen LogP contribution < -0.4 is 10.6 Å². The van der Waals surface area contributed by atoms with Gasteiger partial charge in [0.1, 0.15) is 0 Å². The second kappa shape index (κ2) is 5.94. The van der Waals surface area contributed by atoms with Crippen molar-refractivity contribution >= 4 is 23.4 Å². The van der Waals surface area contributed by atoms with Crippen molar-refractivity contribution in [3.05, 3.63) is 23.8 Å². The SMILES string of the molecule is O=C1CSc2ccc(CN3CCCNCC3)cc2N1. The number of fused-ring (bicyclic) bond motifs is 1. The topological polar surface area (TPSA) is 44.4 Å². The minimum atomic E-state index is 0.105. The second-order valence-electron chi connectivity index (χ2n) is 5.05. The summed E-state index contributed by atoms with van der Waals surface area (Å²) in [5, 5.41) is 6.38. The van der Waals surface area contributed by atoms with E-state index in [-0.39, 0.29) is 5.91 Å². The van der Waals surface area contributed by atoms with Gasteiger partial charge in [0, 0.05) is 24.5 Å². The molecule has 102 valence electrons. The van der Waals surface area contributed by atoms with Gasteiger partial charge < -0.3 is 10.6 Å². The van der Waals surface area contributed by atoms with Crippen molar-refractivity contribution < 1.29 is 4.79 Å². The summed E-state index contributed by atoms with van der Waals surface area (Å²) in [6.07, 6.45) is 1.21. The molecule has 0 aliphatic carbocycles. The number of carbonyl (C=O) groups excluding carboxylic acids is 1. The third-order valence-electron chi connectivity index (χ3n) is 3.52. The lowest BCUT2D eigenvalue weighted by Crippen LogP contribution is -2.27. The number of rotatable bonds is 2. The highest BCUT2D eigenvalue weighted by Crippen LogP contribution is 2.32. The van der Waals surface area contributed by atoms with Crippen LogP contribution in [0.5, 0.6) is 0 Å². The normalized spacial score (nSPS) is 20.5. The zero-order chi connectivity index (χ0) is 13.1. The molecule has 0 radical (unpaired) electrons. The Morgan fingerprint density at radius 1 is 1.26 bits per heavy atom. The number of nitrogens with zero attached hydrogens (tertiary/aromatic N) is 1. The molecule has 2 aliphatic rings. The predicted octanol–water partition coefficient (Wildman–Crippen LogP) is 1.53. The van der Waals surface area contributed by atoms with Crippen molar-refractivity contribution in [2.45, 2.75) is 17.9 Å². The highest BCUT2D eigenvalue weighted by Gasteiger charge is 2.16. The van der Waals surface area contributed by atoms with Gasteiger partial charge in [-0.05, 0) is 37.2 Å². The molecule has 5 heteroatoms. The summed E-state index contributed by atoms with van der Waals surface area (Å²) in [6.45, 7) is 5.39. The first-order chi connectivity index (χ1) is 9.31. The number of carbonyl (C=O) groups is 1. The summed E-state index contributed by atoms with van der Waals surface area (Å²) in [7, 11) is 0. The second-order valence-corrected chi connectivity index (χ2v) is 6.06. The molecule has 0 atom stereocenters. The maximum atomic E-state index is 11.4. The Labute approximate surface area is 117 Å². The maximum absolute atomic E-state index is 11.4. The van der Waals surface area contributed by atoms with Crippen LogP contribution in [0.4, 0.5) is 5.69 Å². The summed E-state index contributed by atoms with van der Waals surface area (Å²) in [6, 6.07) is 6.43. The Bertz CT molecular complexity index is 470. The molecule has 0 unspecified atom stereocenters. The number of hydrogen-bond donors (Lipinski definition) is 2. The largest absolute Gasteiger partial charge is 0.324 e. The molecule has 1 amide bonds. The Kier molecular flexibility index (Phi) is 4.06. The van der Waals surface area contributed by atoms with E-state index in [1.165, 1.54) is 16.9 Å². The number of nitrogens with one attached hydrogen (secondary N) is 2. The summed E-state index contributed by atoms with van der Waals surface area (Å²) in [5.74, 6) is 0.637. The summed E-state index contributed by atoms with van der Waals surface area (Å²) in [4.78, 5) is 15.1. The molecule has 1 aromatic rings. The van der Waals surface area contributed by atoms with Crippen LogP contribution in [-0.2, 0) is 11.3 Å². The molecule has 19 heavy (non-hydrogen) atoms. The molecular weight excluding hydrogens is 258 g/mol. The van der Waals surface area contributed by atoms with E-state index >= 15 is 0 Å². The molecule has 2 aliphatic heterocycles. The molecule has 0 spiro atoms. The highest BCUT2D eigenvalue weighted by atomic mass is 32.2. The summed E-state index contributed by atoms with van der Waals surface area (Å²) >= 11 is 1.62. The van der Waals surface area contributed by atoms with Gasteiger partial charge in [-0.2, -0.15) is 0 Å². The first kappa shape index (κ1) is 13.0. The zero-order valence-corrected chi connectivity index (χ0v) is 11.8. The molecule has 1 aromatic carbocycles. The van der Waals surface area contributed by atoms with E-state index in [1.54, 1.807) is 11.8 Å². The molecule has 1 fully saturated rings. The van der Waals surface area contributed by atoms with Crippen LogP contribution in [0, 0.1) is 0 Å². The quantitative estimate of drug-likeness (QED) is 0.860. The van der Waals surface area contributed by atoms with E-state index in [1.807, 2.05) is 0 Å². The number of anilines is 1. The molecule has 0 aromatic heterocycles. The van der Waals surface area contributed by atoms with E-state index in [4.69, 9.17) is 0 Å². The monoisotopic (exact) mass is 277 g/mol. The molecule has 2 heterocycles. The van der Waals surface area contributed by atoms with Crippen molar-refractivity contribution in [2.75, 3.05) is 37.2 Å². The number of amides is 1. The van der Waals surface area contributed by atoms with Gasteiger partial charge in [-0.3, -0.25) is 9.69 Å². The summed E-state index contributed by atoms with van der Waals surface area (Å²) in [5.41, 5.74) is 2.26. The predicted molar refractivity (Wildman–Crippen MR) is 78.6 cm³/mol. The van der Waals surface area contributed by atoms with E-state index in [2.05, 4.69) is 33.7 Å². The van der Waals surface area contributed by atoms with Crippen molar-refractivity contribution in [3.8, 4) is 0 Å². The van der Waals surface area contributed by atoms with Gasteiger partial charge in [-0.25, -0.2) is 0 Å². The molecule has 4 nitrogen and oxygen atoms in total. The number of hydrogen-bond acceptors (Lipinski definition) is 4. The third-order valence-corrected chi connectivity index (χ3v) is 4.59. The summed E-state index contributed by atoms with van der Waals surface area (Å²) < 4.78 is 0. The van der Waals surface area contributed by atoms with Crippen molar-refractivity contribution in [3.63, 3.8) is 0 Å². The van der Waals surface area contributed by atoms with Crippen LogP contribution in [-0.4, -0.2) is 42.7 Å². The van der Waals surface area contributed by atoms with Gasteiger partial charge in [0.25, 0.3) is 0 Å². The van der Waals surface area contributed by atoms with Crippen LogP contribution in [0.3, 0.4) is 0 Å². The van der Waals surface area contributed by atoms with Crippen LogP contribution >= 0.6 is 11.8 Å². The molecule has 0 saturated carbocycles. The molecule has 0 bridgehead atoms. The van der Waals surface area contributed by atoms with Gasteiger partial charge in [-0.15, -0.1) is 11.8 Å². The fraction of sp³-hybridized carbons (Fsp3) is 0.500. The Hall–Kier alpha value is -1.04. The smallest absolute Gasteiger partial charge is 0.234 e. The third kappa shape index (κ3) is 3.29. The zero-order valence-electron chi connectivity index (χ0n) is 10.9. The van der Waals surface area contributed by atoms with E-state index in [0.29, 0.717) is 5.75 Å². The lowest BCUT2D eigenvalue weighted by atomic mass is 10.1.